The predicted octanol–water partition coefficient (Wildman–Crippen LogP) is 11.2. The zero-order valence-corrected chi connectivity index (χ0v) is 33.2. The molecule has 4 aliphatic carbocycles. The summed E-state index contributed by atoms with van der Waals surface area (Å²) in [6, 6.07) is 10.3. The van der Waals surface area contributed by atoms with Gasteiger partial charge in [-0.05, 0) is 135 Å². The van der Waals surface area contributed by atoms with Gasteiger partial charge in [0, 0.05) is 12.0 Å². The number of methoxy groups -OCH3 is 1. The van der Waals surface area contributed by atoms with Crippen LogP contribution in [0.1, 0.15) is 112 Å². The molecule has 1 heterocycles. The van der Waals surface area contributed by atoms with E-state index in [1.807, 2.05) is 25.1 Å². The second-order valence-electron chi connectivity index (χ2n) is 17.1. The fourth-order valence-electron chi connectivity index (χ4n) is 11.4. The van der Waals surface area contributed by atoms with Crippen molar-refractivity contribution < 1.29 is 23.7 Å². The lowest BCUT2D eigenvalue weighted by Gasteiger charge is -2.58. The first-order valence-corrected chi connectivity index (χ1v) is 21.6. The van der Waals surface area contributed by atoms with Crippen molar-refractivity contribution in [1.82, 2.24) is 0 Å². The maximum atomic E-state index is 12.6. The molecule has 1 aliphatic heterocycles. The molecule has 0 bridgehead atoms. The highest BCUT2D eigenvalue weighted by molar-refractivity contribution is 8.12. The summed E-state index contributed by atoms with van der Waals surface area (Å²) in [4.78, 5) is 13.7. The van der Waals surface area contributed by atoms with Crippen LogP contribution in [-0.2, 0) is 18.9 Å². The minimum atomic E-state index is -0.508. The summed E-state index contributed by atoms with van der Waals surface area (Å²) in [5.41, 5.74) is 2.40. The number of carbonyl (C=O) groups is 1. The molecule has 4 fully saturated rings. The Labute approximate surface area is 306 Å². The summed E-state index contributed by atoms with van der Waals surface area (Å²) in [6.45, 7) is 14.6. The van der Waals surface area contributed by atoms with E-state index >= 15 is 0 Å². The normalized spacial score (nSPS) is 41.0. The molecule has 5 nitrogen and oxygen atoms in total. The average Bonchev–Trinajstić information content (AvgIpc) is 3.44. The van der Waals surface area contributed by atoms with E-state index in [1.54, 1.807) is 30.7 Å². The first-order valence-electron chi connectivity index (χ1n) is 19.5. The lowest BCUT2D eigenvalue weighted by Crippen LogP contribution is -2.59. The van der Waals surface area contributed by atoms with Gasteiger partial charge in [0.25, 0.3) is 0 Å². The summed E-state index contributed by atoms with van der Waals surface area (Å²) in [5.74, 6) is 5.03. The Morgan fingerprint density at radius 1 is 1.00 bits per heavy atom. The van der Waals surface area contributed by atoms with Gasteiger partial charge in [-0.15, -0.1) is 11.8 Å². The van der Waals surface area contributed by atoms with Crippen LogP contribution in [0.3, 0.4) is 0 Å². The van der Waals surface area contributed by atoms with E-state index in [2.05, 4.69) is 52.8 Å². The van der Waals surface area contributed by atoms with Crippen LogP contribution in [-0.4, -0.2) is 54.6 Å². The van der Waals surface area contributed by atoms with E-state index < -0.39 is 12.4 Å². The maximum absolute atomic E-state index is 12.6. The Hall–Kier alpha value is -0.990. The molecule has 0 aromatic heterocycles. The first-order chi connectivity index (χ1) is 23.5. The van der Waals surface area contributed by atoms with Gasteiger partial charge in [-0.1, -0.05) is 83.7 Å². The van der Waals surface area contributed by atoms with Gasteiger partial charge >= 0.3 is 5.30 Å². The lowest BCUT2D eigenvalue weighted by molar-refractivity contribution is -0.260. The van der Waals surface area contributed by atoms with Crippen molar-refractivity contribution in [3.8, 4) is 0 Å². The maximum Gasteiger partial charge on any atom is 0.367 e. The molecule has 0 N–H and O–H groups in total. The minimum Gasteiger partial charge on any atom is -0.450 e. The molecule has 49 heavy (non-hydrogen) atoms. The molecule has 0 amide bonds. The van der Waals surface area contributed by atoms with Crippen LogP contribution < -0.4 is 0 Å². The van der Waals surface area contributed by atoms with Crippen LogP contribution >= 0.6 is 23.5 Å². The molecule has 1 aromatic rings. The topological polar surface area (TPSA) is 54.0 Å². The molecule has 7 heteroatoms. The fraction of sp³-hybridized carbons (Fsp3) is 0.786. The quantitative estimate of drug-likeness (QED) is 0.167. The first kappa shape index (κ1) is 37.8. The van der Waals surface area contributed by atoms with Gasteiger partial charge in [-0.2, -0.15) is 0 Å². The molecule has 0 unspecified atom stereocenters. The summed E-state index contributed by atoms with van der Waals surface area (Å²) >= 11 is 2.76. The highest BCUT2D eigenvalue weighted by Gasteiger charge is 2.59. The van der Waals surface area contributed by atoms with Crippen LogP contribution in [0.25, 0.3) is 0 Å². The number of benzene rings is 1. The van der Waals surface area contributed by atoms with Crippen LogP contribution in [0.5, 0.6) is 0 Å². The largest absolute Gasteiger partial charge is 0.450 e. The van der Waals surface area contributed by atoms with Crippen molar-refractivity contribution in [3.63, 3.8) is 0 Å². The van der Waals surface area contributed by atoms with Crippen molar-refractivity contribution in [3.05, 3.63) is 42.0 Å². The Balaban J connectivity index is 1.16. The second kappa shape index (κ2) is 15.9. The molecule has 0 spiro atoms. The van der Waals surface area contributed by atoms with Crippen molar-refractivity contribution in [1.29, 1.82) is 0 Å². The lowest BCUT2D eigenvalue weighted by atomic mass is 9.47. The molecule has 6 rings (SSSR count). The van der Waals surface area contributed by atoms with Crippen LogP contribution in [0.15, 0.2) is 46.9 Å². The van der Waals surface area contributed by atoms with Gasteiger partial charge in [0.05, 0.1) is 12.2 Å². The Morgan fingerprint density at radius 2 is 1.78 bits per heavy atom. The zero-order valence-electron chi connectivity index (χ0n) is 31.5. The number of thioether (sulfide) groups is 2. The Bertz CT molecular complexity index is 1290. The highest BCUT2D eigenvalue weighted by atomic mass is 32.2. The fourth-order valence-corrected chi connectivity index (χ4v) is 12.9. The molecule has 13 atom stereocenters. The third-order valence-electron chi connectivity index (χ3n) is 14.0. The van der Waals surface area contributed by atoms with Crippen LogP contribution in [0.2, 0.25) is 0 Å². The number of hydrogen-bond donors (Lipinski definition) is 0. The second-order valence-corrected chi connectivity index (χ2v) is 19.1. The summed E-state index contributed by atoms with van der Waals surface area (Å²) in [6.07, 6.45) is 17.1. The van der Waals surface area contributed by atoms with Gasteiger partial charge < -0.3 is 18.9 Å². The van der Waals surface area contributed by atoms with E-state index in [-0.39, 0.29) is 34.3 Å². The van der Waals surface area contributed by atoms with Gasteiger partial charge in [-0.3, -0.25) is 0 Å². The SMILES string of the molecule is CO[C@@H]1[C@@H](OC(=O)SC)[C@H](Sc2ccccc2)[C@@H](O[C@H]2CC[C@@]3(C)C(=CC[C@H]4[C@@H]5CC[C@H]([C@H](C)CCCC(C)C)[C@@]5(C)CC[C@@H]43)C2)O[C@H]1C. The number of ether oxygens (including phenoxy) is 4. The van der Waals surface area contributed by atoms with Crippen molar-refractivity contribution in [2.75, 3.05) is 13.4 Å². The monoisotopic (exact) mass is 712 g/mol. The van der Waals surface area contributed by atoms with E-state index in [9.17, 15) is 4.79 Å². The third-order valence-corrected chi connectivity index (χ3v) is 15.7. The molecular weight excluding hydrogens is 649 g/mol. The minimum absolute atomic E-state index is 0.0827. The van der Waals surface area contributed by atoms with E-state index in [0.717, 1.165) is 65.0 Å². The van der Waals surface area contributed by atoms with Gasteiger partial charge in [0.15, 0.2) is 6.29 Å². The standard InChI is InChI=1S/C42H64O5S2/c1-26(2)13-12-14-27(3)33-19-20-34-32-18-17-29-25-30(21-23-41(29,5)35(32)22-24-42(33,34)6)46-39-38(49-31-15-10-9-11-16-31)37(47-40(43)48-8)36(44-7)28(4)45-39/h9-11,15-17,26-28,30,32-39H,12-14,18-25H2,1-8H3/t27-,28+,30+,32+,33-,34+,35+,36+,37-,38+,39-,41+,42-/m1/s1. The predicted molar refractivity (Wildman–Crippen MR) is 203 cm³/mol. The molecular formula is C42H64O5S2. The van der Waals surface area contributed by atoms with Crippen LogP contribution in [0.4, 0.5) is 4.79 Å². The number of carbonyl (C=O) groups excluding carboxylic acids is 1. The Kier molecular flexibility index (Phi) is 12.3. The summed E-state index contributed by atoms with van der Waals surface area (Å²) in [7, 11) is 1.68. The Morgan fingerprint density at radius 3 is 2.49 bits per heavy atom. The van der Waals surface area contributed by atoms with E-state index in [0.29, 0.717) is 5.41 Å². The molecule has 1 saturated heterocycles. The molecule has 3 saturated carbocycles. The summed E-state index contributed by atoms with van der Waals surface area (Å²) in [5, 5.41) is -0.552. The third kappa shape index (κ3) is 7.73. The zero-order chi connectivity index (χ0) is 34.9. The van der Waals surface area contributed by atoms with Gasteiger partial charge in [-0.25, -0.2) is 4.79 Å². The number of rotatable bonds is 11. The summed E-state index contributed by atoms with van der Waals surface area (Å²) < 4.78 is 25.6. The van der Waals surface area contributed by atoms with Gasteiger partial charge in [0.2, 0.25) is 0 Å². The molecule has 0 radical (unpaired) electrons. The van der Waals surface area contributed by atoms with E-state index in [1.165, 1.54) is 57.8 Å². The molecule has 1 aromatic carbocycles. The average molecular weight is 713 g/mol. The smallest absolute Gasteiger partial charge is 0.367 e. The van der Waals surface area contributed by atoms with E-state index in [4.69, 9.17) is 18.9 Å². The van der Waals surface area contributed by atoms with Gasteiger partial charge in [0.1, 0.15) is 17.5 Å². The number of fused-ring (bicyclic) bond motifs is 5. The molecule has 274 valence electrons. The van der Waals surface area contributed by atoms with Crippen molar-refractivity contribution in [2.45, 2.75) is 153 Å². The highest BCUT2D eigenvalue weighted by Crippen LogP contribution is 2.67. The van der Waals surface area contributed by atoms with Crippen molar-refractivity contribution >= 4 is 28.8 Å². The number of allylic oxidation sites excluding steroid dienone is 1. The van der Waals surface area contributed by atoms with Crippen molar-refractivity contribution in [2.24, 2.45) is 46.3 Å². The van der Waals surface area contributed by atoms with Crippen LogP contribution in [0, 0.1) is 46.3 Å². The number of hydrogen-bond acceptors (Lipinski definition) is 7. The molecule has 5 aliphatic rings.